The lowest BCUT2D eigenvalue weighted by atomic mass is 10.0. The van der Waals surface area contributed by atoms with Gasteiger partial charge in [0.2, 0.25) is 5.91 Å². The van der Waals surface area contributed by atoms with E-state index in [1.165, 1.54) is 0 Å². The van der Waals surface area contributed by atoms with Gasteiger partial charge in [-0.1, -0.05) is 66.7 Å². The molecule has 1 aliphatic heterocycles. The Bertz CT molecular complexity index is 1060. The number of fused-ring (bicyclic) bond motifs is 1. The van der Waals surface area contributed by atoms with Crippen molar-refractivity contribution in [3.8, 4) is 11.1 Å². The van der Waals surface area contributed by atoms with Gasteiger partial charge < -0.3 is 5.32 Å². The van der Waals surface area contributed by atoms with Gasteiger partial charge in [-0.15, -0.1) is 0 Å². The Morgan fingerprint density at radius 2 is 1.33 bits per heavy atom. The Labute approximate surface area is 175 Å². The standard InChI is InChI=1S/C25H22N2O3/c1-17(18-11-13-20(14-12-18)19-7-3-2-4-8-19)26-23(28)15-16-27-24(29)21-9-5-6-10-22(21)25(27)30/h2-14,17H,15-16H2,1H3,(H,26,28)/t17-/m1/s1. The van der Waals surface area contributed by atoms with E-state index in [0.717, 1.165) is 21.6 Å². The van der Waals surface area contributed by atoms with E-state index in [0.29, 0.717) is 11.1 Å². The lowest BCUT2D eigenvalue weighted by Crippen LogP contribution is -2.35. The van der Waals surface area contributed by atoms with Crippen LogP contribution in [0, 0.1) is 0 Å². The second-order valence-corrected chi connectivity index (χ2v) is 7.33. The summed E-state index contributed by atoms with van der Waals surface area (Å²) in [6.07, 6.45) is 0.0674. The number of amides is 3. The number of carbonyl (C=O) groups excluding carboxylic acids is 3. The average Bonchev–Trinajstić information content (AvgIpc) is 3.03. The second kappa shape index (κ2) is 8.33. The van der Waals surface area contributed by atoms with Crippen molar-refractivity contribution < 1.29 is 14.4 Å². The first kappa shape index (κ1) is 19.6. The SMILES string of the molecule is C[C@@H](NC(=O)CCN1C(=O)c2ccccc2C1=O)c1ccc(-c2ccccc2)cc1. The van der Waals surface area contributed by atoms with Crippen LogP contribution in [-0.2, 0) is 4.79 Å². The van der Waals surface area contributed by atoms with E-state index in [1.807, 2.05) is 49.4 Å². The van der Waals surface area contributed by atoms with Gasteiger partial charge in [0.25, 0.3) is 11.8 Å². The number of nitrogens with one attached hydrogen (secondary N) is 1. The molecule has 1 heterocycles. The highest BCUT2D eigenvalue weighted by molar-refractivity contribution is 6.21. The molecule has 0 unspecified atom stereocenters. The fraction of sp³-hybridized carbons (Fsp3) is 0.160. The van der Waals surface area contributed by atoms with E-state index in [9.17, 15) is 14.4 Å². The molecular formula is C25H22N2O3. The van der Waals surface area contributed by atoms with Crippen LogP contribution in [0.15, 0.2) is 78.9 Å². The third-order valence-corrected chi connectivity index (χ3v) is 5.34. The molecule has 0 spiro atoms. The van der Waals surface area contributed by atoms with Crippen molar-refractivity contribution in [2.45, 2.75) is 19.4 Å². The van der Waals surface area contributed by atoms with Crippen LogP contribution in [-0.4, -0.2) is 29.2 Å². The average molecular weight is 398 g/mol. The number of hydrogen-bond acceptors (Lipinski definition) is 3. The van der Waals surface area contributed by atoms with E-state index in [4.69, 9.17) is 0 Å². The zero-order chi connectivity index (χ0) is 21.1. The molecular weight excluding hydrogens is 376 g/mol. The molecule has 30 heavy (non-hydrogen) atoms. The van der Waals surface area contributed by atoms with Gasteiger partial charge in [0, 0.05) is 13.0 Å². The van der Waals surface area contributed by atoms with E-state index in [2.05, 4.69) is 17.4 Å². The van der Waals surface area contributed by atoms with Gasteiger partial charge in [0.05, 0.1) is 17.2 Å². The van der Waals surface area contributed by atoms with Crippen LogP contribution >= 0.6 is 0 Å². The van der Waals surface area contributed by atoms with Crippen LogP contribution in [0.3, 0.4) is 0 Å². The summed E-state index contributed by atoms with van der Waals surface area (Å²) in [5.74, 6) is -0.882. The molecule has 0 aliphatic carbocycles. The van der Waals surface area contributed by atoms with Crippen LogP contribution in [0.4, 0.5) is 0 Å². The zero-order valence-corrected chi connectivity index (χ0v) is 16.7. The van der Waals surface area contributed by atoms with Crippen molar-refractivity contribution in [3.05, 3.63) is 95.6 Å². The first-order valence-corrected chi connectivity index (χ1v) is 9.94. The van der Waals surface area contributed by atoms with Gasteiger partial charge in [-0.3, -0.25) is 19.3 Å². The third-order valence-electron chi connectivity index (χ3n) is 5.34. The molecule has 0 saturated heterocycles. The van der Waals surface area contributed by atoms with Gasteiger partial charge in [-0.2, -0.15) is 0 Å². The largest absolute Gasteiger partial charge is 0.350 e. The number of benzene rings is 3. The van der Waals surface area contributed by atoms with Crippen molar-refractivity contribution in [2.24, 2.45) is 0 Å². The van der Waals surface area contributed by atoms with Crippen LogP contribution in [0.5, 0.6) is 0 Å². The van der Waals surface area contributed by atoms with Gasteiger partial charge in [0.1, 0.15) is 0 Å². The molecule has 0 aromatic heterocycles. The fourth-order valence-electron chi connectivity index (χ4n) is 3.65. The minimum Gasteiger partial charge on any atom is -0.350 e. The Hall–Kier alpha value is -3.73. The molecule has 5 nitrogen and oxygen atoms in total. The predicted octanol–water partition coefficient (Wildman–Crippen LogP) is 4.22. The number of nitrogens with zero attached hydrogens (tertiary/aromatic N) is 1. The summed E-state index contributed by atoms with van der Waals surface area (Å²) in [6.45, 7) is 1.98. The van der Waals surface area contributed by atoms with E-state index < -0.39 is 0 Å². The normalized spacial score (nSPS) is 13.8. The van der Waals surface area contributed by atoms with Crippen molar-refractivity contribution in [1.29, 1.82) is 0 Å². The Kier molecular flexibility index (Phi) is 5.44. The highest BCUT2D eigenvalue weighted by Crippen LogP contribution is 2.23. The highest BCUT2D eigenvalue weighted by Gasteiger charge is 2.35. The second-order valence-electron chi connectivity index (χ2n) is 7.33. The Morgan fingerprint density at radius 1 is 0.800 bits per heavy atom. The summed E-state index contributed by atoms with van der Waals surface area (Å²) in [6, 6.07) is 24.7. The molecule has 0 bridgehead atoms. The Morgan fingerprint density at radius 3 is 1.93 bits per heavy atom. The molecule has 0 fully saturated rings. The summed E-state index contributed by atoms with van der Waals surface area (Å²) < 4.78 is 0. The number of carbonyl (C=O) groups is 3. The van der Waals surface area contributed by atoms with Gasteiger partial charge in [-0.25, -0.2) is 0 Å². The van der Waals surface area contributed by atoms with E-state index in [1.54, 1.807) is 24.3 Å². The molecule has 1 N–H and O–H groups in total. The number of rotatable bonds is 6. The highest BCUT2D eigenvalue weighted by atomic mass is 16.2. The summed E-state index contributed by atoms with van der Waals surface area (Å²) >= 11 is 0. The van der Waals surface area contributed by atoms with Gasteiger partial charge in [0.15, 0.2) is 0 Å². The fourth-order valence-corrected chi connectivity index (χ4v) is 3.65. The topological polar surface area (TPSA) is 66.5 Å². The van der Waals surface area contributed by atoms with Crippen molar-refractivity contribution in [3.63, 3.8) is 0 Å². The smallest absolute Gasteiger partial charge is 0.261 e. The maximum Gasteiger partial charge on any atom is 0.261 e. The zero-order valence-electron chi connectivity index (χ0n) is 16.7. The lowest BCUT2D eigenvalue weighted by molar-refractivity contribution is -0.121. The molecule has 1 aliphatic rings. The molecule has 0 saturated carbocycles. The molecule has 3 aromatic carbocycles. The summed E-state index contributed by atoms with van der Waals surface area (Å²) in [5.41, 5.74) is 4.04. The maximum absolute atomic E-state index is 12.4. The Balaban J connectivity index is 1.33. The molecule has 0 radical (unpaired) electrons. The van der Waals surface area contributed by atoms with Crippen molar-refractivity contribution in [1.82, 2.24) is 10.2 Å². The van der Waals surface area contributed by atoms with Crippen LogP contribution in [0.1, 0.15) is 45.7 Å². The summed E-state index contributed by atoms with van der Waals surface area (Å²) in [5, 5.41) is 2.94. The molecule has 1 atom stereocenters. The molecule has 3 aromatic rings. The minimum absolute atomic E-state index is 0.0673. The quantitative estimate of drug-likeness (QED) is 0.633. The van der Waals surface area contributed by atoms with Gasteiger partial charge in [-0.05, 0) is 35.7 Å². The van der Waals surface area contributed by atoms with Crippen molar-refractivity contribution in [2.75, 3.05) is 6.54 Å². The third kappa shape index (κ3) is 3.87. The van der Waals surface area contributed by atoms with Crippen molar-refractivity contribution >= 4 is 17.7 Å². The number of hydrogen-bond donors (Lipinski definition) is 1. The molecule has 150 valence electrons. The first-order chi connectivity index (χ1) is 14.5. The molecule has 5 heteroatoms. The van der Waals surface area contributed by atoms with E-state index >= 15 is 0 Å². The van der Waals surface area contributed by atoms with Crippen LogP contribution < -0.4 is 5.32 Å². The summed E-state index contributed by atoms with van der Waals surface area (Å²) in [7, 11) is 0. The first-order valence-electron chi connectivity index (χ1n) is 9.94. The monoisotopic (exact) mass is 398 g/mol. The molecule has 4 rings (SSSR count). The predicted molar refractivity (Wildman–Crippen MR) is 115 cm³/mol. The lowest BCUT2D eigenvalue weighted by Gasteiger charge is -2.17. The molecule has 3 amide bonds. The maximum atomic E-state index is 12.4. The van der Waals surface area contributed by atoms with Gasteiger partial charge >= 0.3 is 0 Å². The van der Waals surface area contributed by atoms with Crippen LogP contribution in [0.2, 0.25) is 0 Å². The summed E-state index contributed by atoms with van der Waals surface area (Å²) in [4.78, 5) is 38.3. The van der Waals surface area contributed by atoms with Crippen LogP contribution in [0.25, 0.3) is 11.1 Å². The number of imide groups is 1. The minimum atomic E-state index is -0.340. The van der Waals surface area contributed by atoms with E-state index in [-0.39, 0.29) is 36.7 Å².